The summed E-state index contributed by atoms with van der Waals surface area (Å²) in [6, 6.07) is 5.85. The molecule has 0 unspecified atom stereocenters. The van der Waals surface area contributed by atoms with Crippen molar-refractivity contribution in [1.29, 1.82) is 0 Å². The number of ketones is 1. The van der Waals surface area contributed by atoms with Crippen LogP contribution in [0.4, 0.5) is 0 Å². The van der Waals surface area contributed by atoms with Gasteiger partial charge in [-0.1, -0.05) is 12.1 Å². The maximum absolute atomic E-state index is 12.4. The molecule has 1 aromatic heterocycles. The van der Waals surface area contributed by atoms with Gasteiger partial charge in [-0.2, -0.15) is 0 Å². The van der Waals surface area contributed by atoms with Crippen LogP contribution in [0.1, 0.15) is 33.6 Å². The monoisotopic (exact) mass is 346 g/mol. The molecule has 5 heteroatoms. The number of aryl methyl sites for hydroxylation is 3. The summed E-state index contributed by atoms with van der Waals surface area (Å²) in [5, 5.41) is 0. The Morgan fingerprint density at radius 3 is 2.90 bits per heavy atom. The summed E-state index contributed by atoms with van der Waals surface area (Å²) in [5.74, 6) is -0.0654. The summed E-state index contributed by atoms with van der Waals surface area (Å²) in [6.07, 6.45) is 4.71. The molecular weight excluding hydrogens is 332 g/mol. The van der Waals surface area contributed by atoms with Gasteiger partial charge in [0.05, 0.1) is 18.6 Å². The molecule has 1 aliphatic carbocycles. The Morgan fingerprint density at radius 2 is 2.10 bits per heavy atom. The molecule has 0 radical (unpaired) electrons. The first-order valence-electron chi connectivity index (χ1n) is 6.93. The zero-order chi connectivity index (χ0) is 15.0. The van der Waals surface area contributed by atoms with Gasteiger partial charge in [0, 0.05) is 5.56 Å². The molecule has 0 atom stereocenters. The van der Waals surface area contributed by atoms with Crippen LogP contribution in [-0.2, 0) is 19.4 Å². The number of rotatable bonds is 3. The van der Waals surface area contributed by atoms with Crippen molar-refractivity contribution >= 4 is 21.7 Å². The molecule has 0 saturated heterocycles. The standard InChI is InChI=1S/C16H15BrN2O2/c1-10-15(17)16(21)19(9-18-10)8-14(20)13-6-5-11-3-2-4-12(11)7-13/h5-7,9H,2-4,8H2,1H3. The fourth-order valence-corrected chi connectivity index (χ4v) is 2.98. The van der Waals surface area contributed by atoms with Gasteiger partial charge in [0.2, 0.25) is 0 Å². The van der Waals surface area contributed by atoms with Crippen LogP contribution in [0.15, 0.2) is 33.8 Å². The van der Waals surface area contributed by atoms with Gasteiger partial charge < -0.3 is 0 Å². The van der Waals surface area contributed by atoms with E-state index in [1.807, 2.05) is 18.2 Å². The molecule has 0 spiro atoms. The lowest BCUT2D eigenvalue weighted by Crippen LogP contribution is -2.26. The third-order valence-electron chi connectivity index (χ3n) is 3.89. The summed E-state index contributed by atoms with van der Waals surface area (Å²) in [6.45, 7) is 1.77. The topological polar surface area (TPSA) is 52.0 Å². The Bertz CT molecular complexity index is 780. The van der Waals surface area contributed by atoms with Crippen LogP contribution in [-0.4, -0.2) is 15.3 Å². The number of Topliss-reactive ketones (excluding diaryl/α,β-unsaturated/α-hetero) is 1. The van der Waals surface area contributed by atoms with Crippen LogP contribution in [0.25, 0.3) is 0 Å². The number of fused-ring (bicyclic) bond motifs is 1. The Balaban J connectivity index is 1.87. The average Bonchev–Trinajstić information content (AvgIpc) is 2.95. The smallest absolute Gasteiger partial charge is 0.268 e. The van der Waals surface area contributed by atoms with E-state index < -0.39 is 0 Å². The van der Waals surface area contributed by atoms with Crippen LogP contribution in [0.5, 0.6) is 0 Å². The van der Waals surface area contributed by atoms with Crippen molar-refractivity contribution in [3.05, 3.63) is 61.7 Å². The number of carbonyl (C=O) groups is 1. The highest BCUT2D eigenvalue weighted by molar-refractivity contribution is 9.10. The zero-order valence-corrected chi connectivity index (χ0v) is 13.3. The first-order valence-corrected chi connectivity index (χ1v) is 7.72. The van der Waals surface area contributed by atoms with Crippen LogP contribution in [0, 0.1) is 6.92 Å². The predicted molar refractivity (Wildman–Crippen MR) is 83.7 cm³/mol. The second-order valence-corrected chi connectivity index (χ2v) is 6.13. The Morgan fingerprint density at radius 1 is 1.33 bits per heavy atom. The van der Waals surface area contributed by atoms with Crippen molar-refractivity contribution in [1.82, 2.24) is 9.55 Å². The van der Waals surface area contributed by atoms with E-state index in [9.17, 15) is 9.59 Å². The molecule has 1 heterocycles. The van der Waals surface area contributed by atoms with E-state index in [0.717, 1.165) is 19.3 Å². The molecule has 3 rings (SSSR count). The van der Waals surface area contributed by atoms with E-state index in [4.69, 9.17) is 0 Å². The molecule has 108 valence electrons. The fraction of sp³-hybridized carbons (Fsp3) is 0.312. The highest BCUT2D eigenvalue weighted by Crippen LogP contribution is 2.23. The Labute approximate surface area is 131 Å². The second-order valence-electron chi connectivity index (χ2n) is 5.34. The molecule has 0 saturated carbocycles. The van der Waals surface area contributed by atoms with Gasteiger partial charge in [-0.25, -0.2) is 4.98 Å². The zero-order valence-electron chi connectivity index (χ0n) is 11.7. The van der Waals surface area contributed by atoms with Gasteiger partial charge in [-0.05, 0) is 59.3 Å². The molecule has 1 aromatic carbocycles. The van der Waals surface area contributed by atoms with Crippen molar-refractivity contribution in [3.8, 4) is 0 Å². The SMILES string of the molecule is Cc1ncn(CC(=O)c2ccc3c(c2)CCC3)c(=O)c1Br. The first-order chi connectivity index (χ1) is 10.1. The van der Waals surface area contributed by atoms with Crippen molar-refractivity contribution in [2.75, 3.05) is 0 Å². The van der Waals surface area contributed by atoms with Gasteiger partial charge in [0.15, 0.2) is 5.78 Å². The largest absolute Gasteiger partial charge is 0.292 e. The van der Waals surface area contributed by atoms with Crippen molar-refractivity contribution < 1.29 is 4.79 Å². The number of halogens is 1. The minimum atomic E-state index is -0.225. The quantitative estimate of drug-likeness (QED) is 0.803. The van der Waals surface area contributed by atoms with E-state index in [1.54, 1.807) is 6.92 Å². The van der Waals surface area contributed by atoms with Gasteiger partial charge in [0.25, 0.3) is 5.56 Å². The molecule has 0 aliphatic heterocycles. The summed E-state index contributed by atoms with van der Waals surface area (Å²) in [7, 11) is 0. The summed E-state index contributed by atoms with van der Waals surface area (Å²) in [5.41, 5.74) is 3.66. The van der Waals surface area contributed by atoms with E-state index in [0.29, 0.717) is 15.7 Å². The molecule has 0 fully saturated rings. The van der Waals surface area contributed by atoms with Crippen molar-refractivity contribution in [3.63, 3.8) is 0 Å². The summed E-state index contributed by atoms with van der Waals surface area (Å²) < 4.78 is 1.75. The average molecular weight is 347 g/mol. The summed E-state index contributed by atoms with van der Waals surface area (Å²) >= 11 is 3.21. The van der Waals surface area contributed by atoms with E-state index in [1.165, 1.54) is 22.0 Å². The number of benzene rings is 1. The van der Waals surface area contributed by atoms with E-state index in [2.05, 4.69) is 20.9 Å². The number of carbonyl (C=O) groups excluding carboxylic acids is 1. The third-order valence-corrected chi connectivity index (χ3v) is 4.80. The third kappa shape index (κ3) is 2.70. The first kappa shape index (κ1) is 14.2. The Hall–Kier alpha value is -1.75. The van der Waals surface area contributed by atoms with Gasteiger partial charge >= 0.3 is 0 Å². The van der Waals surface area contributed by atoms with Crippen LogP contribution < -0.4 is 5.56 Å². The van der Waals surface area contributed by atoms with Gasteiger partial charge in [-0.3, -0.25) is 14.2 Å². The number of hydrogen-bond acceptors (Lipinski definition) is 3. The molecule has 0 bridgehead atoms. The lowest BCUT2D eigenvalue weighted by Gasteiger charge is -2.07. The van der Waals surface area contributed by atoms with Crippen LogP contribution >= 0.6 is 15.9 Å². The minimum Gasteiger partial charge on any atom is -0.292 e. The predicted octanol–water partition coefficient (Wildman–Crippen LogP) is 2.69. The highest BCUT2D eigenvalue weighted by atomic mass is 79.9. The maximum Gasteiger partial charge on any atom is 0.268 e. The van der Waals surface area contributed by atoms with Crippen molar-refractivity contribution in [2.45, 2.75) is 32.7 Å². The Kier molecular flexibility index (Phi) is 3.76. The molecule has 1 aliphatic rings. The van der Waals surface area contributed by atoms with Gasteiger partial charge in [-0.15, -0.1) is 0 Å². The number of nitrogens with zero attached hydrogens (tertiary/aromatic N) is 2. The van der Waals surface area contributed by atoms with E-state index >= 15 is 0 Å². The minimum absolute atomic E-state index is 0.0174. The fourth-order valence-electron chi connectivity index (χ4n) is 2.65. The van der Waals surface area contributed by atoms with Crippen molar-refractivity contribution in [2.24, 2.45) is 0 Å². The van der Waals surface area contributed by atoms with Crippen LogP contribution in [0.2, 0.25) is 0 Å². The molecule has 4 nitrogen and oxygen atoms in total. The van der Waals surface area contributed by atoms with Gasteiger partial charge in [0.1, 0.15) is 4.47 Å². The van der Waals surface area contributed by atoms with E-state index in [-0.39, 0.29) is 17.9 Å². The normalized spacial score (nSPS) is 13.2. The number of hydrogen-bond donors (Lipinski definition) is 0. The molecule has 0 amide bonds. The molecule has 21 heavy (non-hydrogen) atoms. The maximum atomic E-state index is 12.4. The lowest BCUT2D eigenvalue weighted by molar-refractivity contribution is 0.0970. The lowest BCUT2D eigenvalue weighted by atomic mass is 10.0. The molecular formula is C16H15BrN2O2. The highest BCUT2D eigenvalue weighted by Gasteiger charge is 2.15. The summed E-state index contributed by atoms with van der Waals surface area (Å²) in [4.78, 5) is 28.5. The van der Waals surface area contributed by atoms with Crippen LogP contribution in [0.3, 0.4) is 0 Å². The molecule has 0 N–H and O–H groups in total. The molecule has 2 aromatic rings. The number of aromatic nitrogens is 2. The second kappa shape index (κ2) is 5.56.